The summed E-state index contributed by atoms with van der Waals surface area (Å²) in [5.74, 6) is 0.516. The van der Waals surface area contributed by atoms with Crippen LogP contribution in [0.15, 0.2) is 57.9 Å². The molecule has 8 heteroatoms. The Morgan fingerprint density at radius 2 is 1.88 bits per heavy atom. The Hall–Kier alpha value is -3.39. The Balaban J connectivity index is 1.53. The van der Waals surface area contributed by atoms with Gasteiger partial charge in [0.05, 0.1) is 10.6 Å². The van der Waals surface area contributed by atoms with Gasteiger partial charge in [0.25, 0.3) is 10.0 Å². The summed E-state index contributed by atoms with van der Waals surface area (Å²) in [5, 5.41) is 6.84. The van der Waals surface area contributed by atoms with Gasteiger partial charge in [-0.15, -0.1) is 0 Å². The van der Waals surface area contributed by atoms with Gasteiger partial charge in [-0.25, -0.2) is 8.42 Å². The summed E-state index contributed by atoms with van der Waals surface area (Å²) in [4.78, 5) is 12.3. The van der Waals surface area contributed by atoms with Crippen molar-refractivity contribution in [2.24, 2.45) is 5.92 Å². The fraction of sp³-hybridized carbons (Fsp3) is 0.280. The minimum atomic E-state index is -3.69. The summed E-state index contributed by atoms with van der Waals surface area (Å²) in [6.07, 6.45) is 5.34. The molecule has 7 nitrogen and oxygen atoms in total. The van der Waals surface area contributed by atoms with Crippen LogP contribution in [0.4, 0.5) is 11.4 Å². The number of aryl methyl sites for hydroxylation is 2. The first kappa shape index (κ1) is 22.8. The summed E-state index contributed by atoms with van der Waals surface area (Å²) in [6, 6.07) is 14.1. The number of benzene rings is 2. The van der Waals surface area contributed by atoms with E-state index in [0.29, 0.717) is 29.4 Å². The Labute approximate surface area is 194 Å². The number of amides is 1. The van der Waals surface area contributed by atoms with Gasteiger partial charge >= 0.3 is 0 Å². The molecule has 172 valence electrons. The van der Waals surface area contributed by atoms with Gasteiger partial charge in [-0.2, -0.15) is 0 Å². The maximum Gasteiger partial charge on any atom is 0.264 e. The smallest absolute Gasteiger partial charge is 0.264 e. The molecule has 1 saturated carbocycles. The fourth-order valence-electron chi connectivity index (χ4n) is 3.55. The summed E-state index contributed by atoms with van der Waals surface area (Å²) >= 11 is 0. The molecule has 1 aromatic heterocycles. The van der Waals surface area contributed by atoms with E-state index in [1.807, 2.05) is 32.0 Å². The van der Waals surface area contributed by atoms with Crippen molar-refractivity contribution in [2.75, 3.05) is 16.2 Å². The van der Waals surface area contributed by atoms with Gasteiger partial charge in [0.2, 0.25) is 5.91 Å². The highest BCUT2D eigenvalue weighted by Crippen LogP contribution is 2.32. The molecule has 1 heterocycles. The monoisotopic (exact) mass is 465 g/mol. The van der Waals surface area contributed by atoms with Crippen LogP contribution in [0.2, 0.25) is 0 Å². The first-order chi connectivity index (χ1) is 15.8. The summed E-state index contributed by atoms with van der Waals surface area (Å²) in [5.41, 5.74) is 3.61. The van der Waals surface area contributed by atoms with Crippen LogP contribution in [0.5, 0.6) is 0 Å². The first-order valence-electron chi connectivity index (χ1n) is 10.9. The molecule has 0 radical (unpaired) electrons. The lowest BCUT2D eigenvalue weighted by Crippen LogP contribution is -2.30. The molecule has 0 spiro atoms. The second-order valence-electron chi connectivity index (χ2n) is 8.18. The zero-order chi connectivity index (χ0) is 23.6. The van der Waals surface area contributed by atoms with Crippen molar-refractivity contribution in [2.45, 2.75) is 38.5 Å². The Morgan fingerprint density at radius 3 is 2.52 bits per heavy atom. The van der Waals surface area contributed by atoms with E-state index < -0.39 is 10.0 Å². The van der Waals surface area contributed by atoms with E-state index in [-0.39, 0.29) is 16.7 Å². The molecular formula is C25H27N3O4S. The molecule has 1 fully saturated rings. The minimum Gasteiger partial charge on any atom is -0.354 e. The predicted molar refractivity (Wildman–Crippen MR) is 129 cm³/mol. The van der Waals surface area contributed by atoms with Gasteiger partial charge < -0.3 is 9.84 Å². The van der Waals surface area contributed by atoms with Crippen LogP contribution >= 0.6 is 0 Å². The maximum absolute atomic E-state index is 13.2. The predicted octanol–water partition coefficient (Wildman–Crippen LogP) is 5.03. The number of sulfonamides is 1. The van der Waals surface area contributed by atoms with Crippen molar-refractivity contribution in [3.05, 3.63) is 71.1 Å². The van der Waals surface area contributed by atoms with E-state index in [1.165, 1.54) is 4.31 Å². The lowest BCUT2D eigenvalue weighted by atomic mass is 10.2. The van der Waals surface area contributed by atoms with E-state index in [1.54, 1.807) is 49.4 Å². The molecule has 1 N–H and O–H groups in total. The van der Waals surface area contributed by atoms with Crippen molar-refractivity contribution in [1.29, 1.82) is 0 Å². The number of nitrogens with one attached hydrogen (secondary N) is 1. The lowest BCUT2D eigenvalue weighted by Gasteiger charge is -2.23. The van der Waals surface area contributed by atoms with Crippen LogP contribution in [0.1, 0.15) is 42.3 Å². The zero-order valence-corrected chi connectivity index (χ0v) is 19.7. The Kier molecular flexibility index (Phi) is 6.37. The molecule has 33 heavy (non-hydrogen) atoms. The Morgan fingerprint density at radius 1 is 1.15 bits per heavy atom. The van der Waals surface area contributed by atoms with E-state index >= 15 is 0 Å². The first-order valence-corrected chi connectivity index (χ1v) is 12.4. The third-order valence-corrected chi connectivity index (χ3v) is 7.47. The van der Waals surface area contributed by atoms with Gasteiger partial charge in [-0.3, -0.25) is 9.10 Å². The maximum atomic E-state index is 13.2. The average Bonchev–Trinajstić information content (AvgIpc) is 3.59. The highest BCUT2D eigenvalue weighted by atomic mass is 32.2. The second kappa shape index (κ2) is 9.23. The number of carbonyl (C=O) groups excluding carboxylic acids is 1. The summed E-state index contributed by atoms with van der Waals surface area (Å²) in [6.45, 7) is 5.85. The van der Waals surface area contributed by atoms with Gasteiger partial charge in [-0.1, -0.05) is 35.5 Å². The van der Waals surface area contributed by atoms with E-state index in [4.69, 9.17) is 4.52 Å². The number of nitrogens with zero attached hydrogens (tertiary/aromatic N) is 2. The normalized spacial score (nSPS) is 13.9. The van der Waals surface area contributed by atoms with Crippen LogP contribution < -0.4 is 9.62 Å². The molecular weight excluding hydrogens is 438 g/mol. The molecule has 0 bridgehead atoms. The van der Waals surface area contributed by atoms with Crippen LogP contribution in [0, 0.1) is 19.8 Å². The van der Waals surface area contributed by atoms with Crippen molar-refractivity contribution in [3.8, 4) is 0 Å². The van der Waals surface area contributed by atoms with Crippen LogP contribution in [0.25, 0.3) is 12.2 Å². The van der Waals surface area contributed by atoms with E-state index in [2.05, 4.69) is 10.5 Å². The minimum absolute atomic E-state index is 0.0143. The van der Waals surface area contributed by atoms with Gasteiger partial charge in [-0.05, 0) is 75.1 Å². The number of hydrogen-bond acceptors (Lipinski definition) is 5. The standard InChI is InChI=1S/C25H27N3O4S/c1-4-28(21-7-5-6-17(2)16-21)33(30,31)22-13-8-19(9-14-22)10-15-23-24(18(3)27-32-23)26-25(29)20-11-12-20/h5-10,13-16,20H,4,11-12H2,1-3H3,(H,26,29). The third kappa shape index (κ3) is 5.01. The molecule has 0 unspecified atom stereocenters. The molecule has 4 rings (SSSR count). The zero-order valence-electron chi connectivity index (χ0n) is 18.9. The van der Waals surface area contributed by atoms with Crippen LogP contribution in [0.3, 0.4) is 0 Å². The van der Waals surface area contributed by atoms with Crippen LogP contribution in [-0.2, 0) is 14.8 Å². The molecule has 1 amide bonds. The average molecular weight is 466 g/mol. The number of rotatable bonds is 8. The molecule has 2 aromatic carbocycles. The molecule has 1 aliphatic carbocycles. The number of anilines is 2. The van der Waals surface area contributed by atoms with Crippen molar-refractivity contribution in [1.82, 2.24) is 5.16 Å². The SMILES string of the molecule is CCN(c1cccc(C)c1)S(=O)(=O)c1ccc(C=Cc2onc(C)c2NC(=O)C2CC2)cc1. The highest BCUT2D eigenvalue weighted by molar-refractivity contribution is 7.92. The third-order valence-electron chi connectivity index (χ3n) is 5.56. The largest absolute Gasteiger partial charge is 0.354 e. The fourth-order valence-corrected chi connectivity index (χ4v) is 5.01. The van der Waals surface area contributed by atoms with Crippen molar-refractivity contribution >= 4 is 39.5 Å². The molecule has 0 aliphatic heterocycles. The topological polar surface area (TPSA) is 92.5 Å². The molecule has 0 atom stereocenters. The molecule has 3 aromatic rings. The number of aromatic nitrogens is 1. The van der Waals surface area contributed by atoms with E-state index in [0.717, 1.165) is 24.0 Å². The molecule has 0 saturated heterocycles. The summed E-state index contributed by atoms with van der Waals surface area (Å²) in [7, 11) is -3.69. The van der Waals surface area contributed by atoms with Gasteiger partial charge in [0, 0.05) is 12.5 Å². The Bertz CT molecular complexity index is 1290. The van der Waals surface area contributed by atoms with Crippen molar-refractivity contribution < 1.29 is 17.7 Å². The van der Waals surface area contributed by atoms with Crippen molar-refractivity contribution in [3.63, 3.8) is 0 Å². The number of hydrogen-bond donors (Lipinski definition) is 1. The second-order valence-corrected chi connectivity index (χ2v) is 10.0. The number of carbonyl (C=O) groups is 1. The summed E-state index contributed by atoms with van der Waals surface area (Å²) < 4.78 is 33.2. The lowest BCUT2D eigenvalue weighted by molar-refractivity contribution is -0.117. The quantitative estimate of drug-likeness (QED) is 0.504. The van der Waals surface area contributed by atoms with E-state index in [9.17, 15) is 13.2 Å². The van der Waals surface area contributed by atoms with Crippen LogP contribution in [-0.4, -0.2) is 26.0 Å². The van der Waals surface area contributed by atoms with Gasteiger partial charge in [0.15, 0.2) is 5.76 Å². The van der Waals surface area contributed by atoms with Gasteiger partial charge in [0.1, 0.15) is 11.4 Å². The highest BCUT2D eigenvalue weighted by Gasteiger charge is 2.31. The molecule has 1 aliphatic rings.